The van der Waals surface area contributed by atoms with E-state index in [2.05, 4.69) is 31.9 Å². The summed E-state index contributed by atoms with van der Waals surface area (Å²) in [7, 11) is 0. The largest absolute Gasteiger partial charge is 0.454 e. The molecule has 34 heavy (non-hydrogen) atoms. The third-order valence-corrected chi connectivity index (χ3v) is 8.72. The Bertz CT molecular complexity index is 1160. The number of amides is 2. The van der Waals surface area contributed by atoms with Gasteiger partial charge in [0.05, 0.1) is 28.0 Å². The number of non-ortho nitro benzene ring substituents is 1. The Hall–Kier alpha value is -2.92. The maximum atomic E-state index is 12.9. The lowest BCUT2D eigenvalue weighted by molar-refractivity contribution is -0.384. The van der Waals surface area contributed by atoms with E-state index in [0.29, 0.717) is 18.5 Å². The summed E-state index contributed by atoms with van der Waals surface area (Å²) in [6.07, 6.45) is 1.12. The van der Waals surface area contributed by atoms with Crippen molar-refractivity contribution in [3.8, 4) is 0 Å². The smallest absolute Gasteiger partial charge is 0.338 e. The molecule has 1 aliphatic carbocycles. The van der Waals surface area contributed by atoms with Gasteiger partial charge in [0.25, 0.3) is 5.69 Å². The molecule has 2 amide bonds. The van der Waals surface area contributed by atoms with Crippen LogP contribution in [0.15, 0.2) is 48.5 Å². The molecule has 2 fully saturated rings. The van der Waals surface area contributed by atoms with Crippen LogP contribution in [0.1, 0.15) is 33.6 Å². The monoisotopic (exact) mass is 592 g/mol. The number of anilines is 1. The standard InChI is InChI=1S/C23H18Br2N2O7/c24-18-9-16-17(10-19(18)25)22(30)26(21(16)29)14-6-4-12(5-7-14)23(31)34-11-20(28)13-2-1-3-15(8-13)27(32)33/h1-8,16-19H,9-11H2/t16-,17+,18-,19-/m1/s1. The van der Waals surface area contributed by atoms with Crippen LogP contribution in [0, 0.1) is 22.0 Å². The van der Waals surface area contributed by atoms with Crippen LogP contribution in [0.2, 0.25) is 0 Å². The summed E-state index contributed by atoms with van der Waals surface area (Å²) in [5, 5.41) is 10.9. The summed E-state index contributed by atoms with van der Waals surface area (Å²) in [4.78, 5) is 62.0. The molecule has 2 aromatic rings. The number of hydrogen-bond acceptors (Lipinski definition) is 7. The van der Waals surface area contributed by atoms with Crippen molar-refractivity contribution in [2.24, 2.45) is 11.8 Å². The van der Waals surface area contributed by atoms with Crippen molar-refractivity contribution in [3.63, 3.8) is 0 Å². The number of nitro benzene ring substituents is 1. The lowest BCUT2D eigenvalue weighted by Gasteiger charge is -2.29. The summed E-state index contributed by atoms with van der Waals surface area (Å²) in [6, 6.07) is 11.0. The second kappa shape index (κ2) is 9.75. The van der Waals surface area contributed by atoms with E-state index in [9.17, 15) is 29.3 Å². The molecule has 1 saturated carbocycles. The Kier molecular flexibility index (Phi) is 6.94. The highest BCUT2D eigenvalue weighted by Crippen LogP contribution is 2.44. The van der Waals surface area contributed by atoms with Gasteiger partial charge in [-0.25, -0.2) is 4.79 Å². The zero-order valence-corrected chi connectivity index (χ0v) is 20.7. The van der Waals surface area contributed by atoms with E-state index in [4.69, 9.17) is 4.74 Å². The predicted octanol–water partition coefficient (Wildman–Crippen LogP) is 4.06. The number of Topliss-reactive ketones (excluding diaryl/α,β-unsaturated/α-hetero) is 1. The molecular weight excluding hydrogens is 576 g/mol. The van der Waals surface area contributed by atoms with Gasteiger partial charge in [0, 0.05) is 27.4 Å². The Balaban J connectivity index is 1.41. The number of benzene rings is 2. The Labute approximate surface area is 210 Å². The van der Waals surface area contributed by atoms with Crippen LogP contribution < -0.4 is 4.90 Å². The summed E-state index contributed by atoms with van der Waals surface area (Å²) in [5.74, 6) is -2.62. The number of ether oxygens (including phenoxy) is 1. The fourth-order valence-electron chi connectivity index (χ4n) is 4.19. The van der Waals surface area contributed by atoms with Gasteiger partial charge in [-0.05, 0) is 37.1 Å². The number of ketones is 1. The lowest BCUT2D eigenvalue weighted by Crippen LogP contribution is -2.34. The maximum Gasteiger partial charge on any atom is 0.338 e. The fraction of sp³-hybridized carbons (Fsp3) is 0.304. The highest BCUT2D eigenvalue weighted by Gasteiger charge is 2.52. The molecule has 11 heteroatoms. The van der Waals surface area contributed by atoms with Gasteiger partial charge in [0.2, 0.25) is 17.6 Å². The number of alkyl halides is 2. The molecule has 4 rings (SSSR count). The SMILES string of the molecule is O=C(COC(=O)c1ccc(N2C(=O)[C@H]3C[C@@H](Br)[C@H](Br)C[C@H]3C2=O)cc1)c1cccc([N+](=O)[O-])c1. The van der Waals surface area contributed by atoms with Crippen molar-refractivity contribution in [2.45, 2.75) is 22.5 Å². The fourth-order valence-corrected chi connectivity index (χ4v) is 5.42. The Morgan fingerprint density at radius 2 is 1.56 bits per heavy atom. The number of imide groups is 1. The molecule has 0 spiro atoms. The van der Waals surface area contributed by atoms with Crippen molar-refractivity contribution in [1.29, 1.82) is 0 Å². The van der Waals surface area contributed by atoms with Crippen molar-refractivity contribution in [3.05, 3.63) is 69.8 Å². The maximum absolute atomic E-state index is 12.9. The van der Waals surface area contributed by atoms with E-state index < -0.39 is 23.3 Å². The molecule has 4 atom stereocenters. The van der Waals surface area contributed by atoms with Crippen LogP contribution in [-0.4, -0.2) is 44.8 Å². The number of nitrogens with zero attached hydrogens (tertiary/aromatic N) is 2. The zero-order chi connectivity index (χ0) is 24.6. The van der Waals surface area contributed by atoms with Gasteiger partial charge in [-0.15, -0.1) is 0 Å². The minimum Gasteiger partial charge on any atom is -0.454 e. The van der Waals surface area contributed by atoms with Crippen LogP contribution in [0.5, 0.6) is 0 Å². The van der Waals surface area contributed by atoms with E-state index >= 15 is 0 Å². The number of carbonyl (C=O) groups is 4. The van der Waals surface area contributed by atoms with Gasteiger partial charge in [0.15, 0.2) is 6.61 Å². The number of fused-ring (bicyclic) bond motifs is 1. The van der Waals surface area contributed by atoms with Gasteiger partial charge >= 0.3 is 5.97 Å². The molecule has 176 valence electrons. The Morgan fingerprint density at radius 1 is 0.971 bits per heavy atom. The van der Waals surface area contributed by atoms with Crippen LogP contribution in [0.3, 0.4) is 0 Å². The number of esters is 1. The molecule has 0 aromatic heterocycles. The van der Waals surface area contributed by atoms with Gasteiger partial charge in [-0.2, -0.15) is 0 Å². The molecule has 1 aliphatic heterocycles. The van der Waals surface area contributed by atoms with Crippen molar-refractivity contribution < 1.29 is 28.8 Å². The summed E-state index contributed by atoms with van der Waals surface area (Å²) < 4.78 is 5.04. The molecule has 1 saturated heterocycles. The first-order valence-electron chi connectivity index (χ1n) is 10.4. The van der Waals surface area contributed by atoms with Crippen molar-refractivity contribution in [2.75, 3.05) is 11.5 Å². The highest BCUT2D eigenvalue weighted by molar-refractivity contribution is 9.12. The van der Waals surface area contributed by atoms with Crippen LogP contribution in [0.25, 0.3) is 0 Å². The molecular formula is C23H18Br2N2O7. The van der Waals surface area contributed by atoms with E-state index in [1.54, 1.807) is 0 Å². The molecule has 0 unspecified atom stereocenters. The molecule has 2 aliphatic rings. The van der Waals surface area contributed by atoms with Crippen molar-refractivity contribution >= 4 is 66.8 Å². The van der Waals surface area contributed by atoms with Gasteiger partial charge in [0.1, 0.15) is 0 Å². The van der Waals surface area contributed by atoms with Crippen LogP contribution >= 0.6 is 31.9 Å². The second-order valence-electron chi connectivity index (χ2n) is 8.08. The van der Waals surface area contributed by atoms with Gasteiger partial charge in [-0.1, -0.05) is 44.0 Å². The number of nitro groups is 1. The average Bonchev–Trinajstić information content (AvgIpc) is 3.06. The third-order valence-electron chi connectivity index (χ3n) is 5.99. The number of carbonyl (C=O) groups excluding carboxylic acids is 4. The summed E-state index contributed by atoms with van der Waals surface area (Å²) >= 11 is 7.11. The molecule has 0 bridgehead atoms. The summed E-state index contributed by atoms with van der Waals surface area (Å²) in [5.41, 5.74) is 0.317. The first kappa shape index (κ1) is 24.2. The topological polar surface area (TPSA) is 124 Å². The van der Waals surface area contributed by atoms with Crippen molar-refractivity contribution in [1.82, 2.24) is 0 Å². The molecule has 1 heterocycles. The minimum absolute atomic E-state index is 0.0568. The molecule has 0 radical (unpaired) electrons. The number of hydrogen-bond donors (Lipinski definition) is 0. The molecule has 9 nitrogen and oxygen atoms in total. The zero-order valence-electron chi connectivity index (χ0n) is 17.6. The first-order chi connectivity index (χ1) is 16.2. The van der Waals surface area contributed by atoms with Crippen LogP contribution in [0.4, 0.5) is 11.4 Å². The summed E-state index contributed by atoms with van der Waals surface area (Å²) in [6.45, 7) is -0.588. The number of halogens is 2. The Morgan fingerprint density at radius 3 is 2.12 bits per heavy atom. The second-order valence-corrected chi connectivity index (χ2v) is 10.4. The van der Waals surface area contributed by atoms with Crippen LogP contribution in [-0.2, 0) is 14.3 Å². The predicted molar refractivity (Wildman–Crippen MR) is 128 cm³/mol. The van der Waals surface area contributed by atoms with E-state index in [1.165, 1.54) is 47.4 Å². The number of rotatable bonds is 6. The first-order valence-corrected chi connectivity index (χ1v) is 12.2. The van der Waals surface area contributed by atoms with Gasteiger partial charge < -0.3 is 4.74 Å². The van der Waals surface area contributed by atoms with E-state index in [0.717, 1.165) is 6.07 Å². The molecule has 0 N–H and O–H groups in total. The highest BCUT2D eigenvalue weighted by atomic mass is 79.9. The van der Waals surface area contributed by atoms with Gasteiger partial charge in [-0.3, -0.25) is 29.4 Å². The van der Waals surface area contributed by atoms with E-state index in [-0.39, 0.29) is 50.1 Å². The lowest BCUT2D eigenvalue weighted by atomic mass is 9.81. The quantitative estimate of drug-likeness (QED) is 0.123. The average molecular weight is 594 g/mol. The third kappa shape index (κ3) is 4.67. The van der Waals surface area contributed by atoms with E-state index in [1.807, 2.05) is 0 Å². The minimum atomic E-state index is -0.776. The molecule has 2 aromatic carbocycles. The normalized spacial score (nSPS) is 24.0.